The standard InChI is InChI=1S/C10H18O/c1-3-9-6-4-5-7-10(9)8(2)11/h9-10H,3-7H2,1-2H3. The van der Waals surface area contributed by atoms with Gasteiger partial charge in [-0.3, -0.25) is 4.79 Å². The Kier molecular flexibility index (Phi) is 3.10. The van der Waals surface area contributed by atoms with Gasteiger partial charge in [-0.15, -0.1) is 0 Å². The molecule has 1 rings (SSSR count). The number of Topliss-reactive ketones (excluding diaryl/α,β-unsaturated/α-hetero) is 1. The average molecular weight is 154 g/mol. The maximum Gasteiger partial charge on any atom is 0.133 e. The molecule has 0 bridgehead atoms. The molecule has 1 fully saturated rings. The minimum Gasteiger partial charge on any atom is -0.300 e. The molecule has 1 aliphatic rings. The van der Waals surface area contributed by atoms with Crippen LogP contribution in [0.25, 0.3) is 0 Å². The Hall–Kier alpha value is -0.330. The lowest BCUT2D eigenvalue weighted by molar-refractivity contribution is -0.123. The monoisotopic (exact) mass is 154 g/mol. The Bertz CT molecular complexity index is 140. The first-order valence-corrected chi connectivity index (χ1v) is 4.76. The molecule has 1 saturated carbocycles. The van der Waals surface area contributed by atoms with E-state index in [4.69, 9.17) is 0 Å². The SMILES string of the molecule is CCC1CCCCC1C(C)=O. The van der Waals surface area contributed by atoms with Gasteiger partial charge in [0.25, 0.3) is 0 Å². The molecule has 11 heavy (non-hydrogen) atoms. The van der Waals surface area contributed by atoms with Gasteiger partial charge in [0.2, 0.25) is 0 Å². The van der Waals surface area contributed by atoms with Crippen molar-refractivity contribution in [3.05, 3.63) is 0 Å². The smallest absolute Gasteiger partial charge is 0.133 e. The molecule has 0 aromatic heterocycles. The van der Waals surface area contributed by atoms with E-state index in [2.05, 4.69) is 6.92 Å². The molecule has 0 spiro atoms. The summed E-state index contributed by atoms with van der Waals surface area (Å²) < 4.78 is 0. The number of hydrogen-bond acceptors (Lipinski definition) is 1. The lowest BCUT2D eigenvalue weighted by Gasteiger charge is -2.28. The van der Waals surface area contributed by atoms with Crippen molar-refractivity contribution < 1.29 is 4.79 Å². The third-order valence-corrected chi connectivity index (χ3v) is 2.96. The quantitative estimate of drug-likeness (QED) is 0.597. The van der Waals surface area contributed by atoms with Crippen LogP contribution in [0, 0.1) is 11.8 Å². The molecule has 2 atom stereocenters. The summed E-state index contributed by atoms with van der Waals surface area (Å²) in [5.74, 6) is 1.51. The van der Waals surface area contributed by atoms with Crippen molar-refractivity contribution in [3.63, 3.8) is 0 Å². The summed E-state index contributed by atoms with van der Waals surface area (Å²) in [6.07, 6.45) is 6.21. The molecule has 0 aromatic carbocycles. The van der Waals surface area contributed by atoms with Gasteiger partial charge in [-0.05, 0) is 25.7 Å². The van der Waals surface area contributed by atoms with Crippen LogP contribution in [-0.2, 0) is 4.79 Å². The molecule has 64 valence electrons. The second kappa shape index (κ2) is 3.89. The molecule has 1 nitrogen and oxygen atoms in total. The van der Waals surface area contributed by atoms with Crippen LogP contribution < -0.4 is 0 Å². The summed E-state index contributed by atoms with van der Waals surface area (Å²) in [4.78, 5) is 11.2. The molecule has 0 aromatic rings. The van der Waals surface area contributed by atoms with E-state index >= 15 is 0 Å². The third-order valence-electron chi connectivity index (χ3n) is 2.96. The highest BCUT2D eigenvalue weighted by molar-refractivity contribution is 5.78. The maximum absolute atomic E-state index is 11.2. The zero-order valence-corrected chi connectivity index (χ0v) is 7.60. The number of hydrogen-bond donors (Lipinski definition) is 0. The van der Waals surface area contributed by atoms with E-state index in [0.29, 0.717) is 17.6 Å². The summed E-state index contributed by atoms with van der Waals surface area (Å²) in [6, 6.07) is 0. The number of rotatable bonds is 2. The van der Waals surface area contributed by atoms with Crippen LogP contribution in [0.5, 0.6) is 0 Å². The van der Waals surface area contributed by atoms with Gasteiger partial charge in [0, 0.05) is 5.92 Å². The molecule has 0 radical (unpaired) electrons. The Morgan fingerprint density at radius 2 is 2.00 bits per heavy atom. The molecule has 2 unspecified atom stereocenters. The van der Waals surface area contributed by atoms with Crippen molar-refractivity contribution in [2.24, 2.45) is 11.8 Å². The van der Waals surface area contributed by atoms with Crippen LogP contribution in [0.3, 0.4) is 0 Å². The highest BCUT2D eigenvalue weighted by atomic mass is 16.1. The first-order valence-electron chi connectivity index (χ1n) is 4.76. The fourth-order valence-electron chi connectivity index (χ4n) is 2.23. The first kappa shape index (κ1) is 8.76. The highest BCUT2D eigenvalue weighted by Gasteiger charge is 2.26. The Balaban J connectivity index is 2.51. The van der Waals surface area contributed by atoms with E-state index in [0.717, 1.165) is 6.42 Å². The van der Waals surface area contributed by atoms with Crippen molar-refractivity contribution >= 4 is 5.78 Å². The Morgan fingerprint density at radius 1 is 1.36 bits per heavy atom. The molecule has 1 heteroatoms. The van der Waals surface area contributed by atoms with Gasteiger partial charge in [-0.2, -0.15) is 0 Å². The molecule has 0 saturated heterocycles. The van der Waals surface area contributed by atoms with Crippen LogP contribution in [0.2, 0.25) is 0 Å². The van der Waals surface area contributed by atoms with Crippen molar-refractivity contribution in [1.82, 2.24) is 0 Å². The van der Waals surface area contributed by atoms with Gasteiger partial charge in [-0.25, -0.2) is 0 Å². The predicted octanol–water partition coefficient (Wildman–Crippen LogP) is 2.79. The summed E-state index contributed by atoms with van der Waals surface area (Å²) >= 11 is 0. The number of ketones is 1. The van der Waals surface area contributed by atoms with Crippen molar-refractivity contribution in [1.29, 1.82) is 0 Å². The molecule has 0 heterocycles. The number of carbonyl (C=O) groups excluding carboxylic acids is 1. The minimum atomic E-state index is 0.397. The van der Waals surface area contributed by atoms with E-state index in [9.17, 15) is 4.79 Å². The van der Waals surface area contributed by atoms with Crippen LogP contribution >= 0.6 is 0 Å². The van der Waals surface area contributed by atoms with Gasteiger partial charge < -0.3 is 0 Å². The Labute approximate surface area is 69.2 Å². The zero-order chi connectivity index (χ0) is 8.27. The van der Waals surface area contributed by atoms with E-state index < -0.39 is 0 Å². The zero-order valence-electron chi connectivity index (χ0n) is 7.60. The van der Waals surface area contributed by atoms with E-state index in [1.807, 2.05) is 0 Å². The van der Waals surface area contributed by atoms with Gasteiger partial charge in [-0.1, -0.05) is 26.2 Å². The molecule has 0 aliphatic heterocycles. The second-order valence-corrected chi connectivity index (χ2v) is 3.67. The third kappa shape index (κ3) is 2.05. The maximum atomic E-state index is 11.2. The van der Waals surface area contributed by atoms with Crippen LogP contribution in [0.1, 0.15) is 46.0 Å². The van der Waals surface area contributed by atoms with Crippen molar-refractivity contribution in [2.45, 2.75) is 46.0 Å². The van der Waals surface area contributed by atoms with Crippen LogP contribution in [0.4, 0.5) is 0 Å². The largest absolute Gasteiger partial charge is 0.300 e. The van der Waals surface area contributed by atoms with Gasteiger partial charge >= 0.3 is 0 Å². The summed E-state index contributed by atoms with van der Waals surface area (Å²) in [5.41, 5.74) is 0. The summed E-state index contributed by atoms with van der Waals surface area (Å²) in [5, 5.41) is 0. The number of carbonyl (C=O) groups is 1. The first-order chi connectivity index (χ1) is 5.25. The van der Waals surface area contributed by atoms with Crippen LogP contribution in [-0.4, -0.2) is 5.78 Å². The van der Waals surface area contributed by atoms with Crippen molar-refractivity contribution in [2.75, 3.05) is 0 Å². The van der Waals surface area contributed by atoms with E-state index in [-0.39, 0.29) is 0 Å². The fraction of sp³-hybridized carbons (Fsp3) is 0.900. The predicted molar refractivity (Wildman–Crippen MR) is 46.4 cm³/mol. The molecular weight excluding hydrogens is 136 g/mol. The lowest BCUT2D eigenvalue weighted by atomic mass is 9.76. The Morgan fingerprint density at radius 3 is 2.45 bits per heavy atom. The topological polar surface area (TPSA) is 17.1 Å². The highest BCUT2D eigenvalue weighted by Crippen LogP contribution is 2.32. The lowest BCUT2D eigenvalue weighted by Crippen LogP contribution is -2.24. The van der Waals surface area contributed by atoms with E-state index in [1.54, 1.807) is 6.92 Å². The van der Waals surface area contributed by atoms with Crippen LogP contribution in [0.15, 0.2) is 0 Å². The molecule has 0 amide bonds. The van der Waals surface area contributed by atoms with Gasteiger partial charge in [0.1, 0.15) is 5.78 Å². The molecule has 0 N–H and O–H groups in total. The average Bonchev–Trinajstić information content (AvgIpc) is 2.04. The molecule has 1 aliphatic carbocycles. The summed E-state index contributed by atoms with van der Waals surface area (Å²) in [7, 11) is 0. The summed E-state index contributed by atoms with van der Waals surface area (Å²) in [6.45, 7) is 3.95. The minimum absolute atomic E-state index is 0.397. The fourth-order valence-corrected chi connectivity index (χ4v) is 2.23. The molecular formula is C10H18O. The van der Waals surface area contributed by atoms with Gasteiger partial charge in [0.05, 0.1) is 0 Å². The van der Waals surface area contributed by atoms with Crippen molar-refractivity contribution in [3.8, 4) is 0 Å². The van der Waals surface area contributed by atoms with E-state index in [1.165, 1.54) is 25.7 Å². The second-order valence-electron chi connectivity index (χ2n) is 3.67. The normalized spacial score (nSPS) is 31.8. The van der Waals surface area contributed by atoms with Gasteiger partial charge in [0.15, 0.2) is 0 Å².